The molecule has 0 saturated heterocycles. The Bertz CT molecular complexity index is 1400. The first kappa shape index (κ1) is 28.6. The van der Waals surface area contributed by atoms with Gasteiger partial charge in [0.1, 0.15) is 10.6 Å². The van der Waals surface area contributed by atoms with Crippen LogP contribution in [0.25, 0.3) is 11.1 Å². The Morgan fingerprint density at radius 3 is 2.36 bits per heavy atom. The predicted molar refractivity (Wildman–Crippen MR) is 151 cm³/mol. The van der Waals surface area contributed by atoms with E-state index in [0.717, 1.165) is 5.92 Å². The Morgan fingerprint density at radius 1 is 1.00 bits per heavy atom. The van der Waals surface area contributed by atoms with Gasteiger partial charge in [-0.2, -0.15) is 0 Å². The van der Waals surface area contributed by atoms with Gasteiger partial charge >= 0.3 is 5.97 Å². The van der Waals surface area contributed by atoms with Crippen LogP contribution in [0.2, 0.25) is 0 Å². The van der Waals surface area contributed by atoms with Crippen molar-refractivity contribution in [1.29, 1.82) is 0 Å². The number of carbonyl (C=O) groups is 1. The minimum absolute atomic E-state index is 0.0729. The minimum atomic E-state index is -4.30. The molecule has 1 saturated carbocycles. The number of methoxy groups -OCH3 is 2. The summed E-state index contributed by atoms with van der Waals surface area (Å²) in [4.78, 5) is 11.3. The van der Waals surface area contributed by atoms with Crippen molar-refractivity contribution in [3.63, 3.8) is 0 Å². The van der Waals surface area contributed by atoms with Crippen LogP contribution in [0.3, 0.4) is 0 Å². The van der Waals surface area contributed by atoms with Crippen molar-refractivity contribution in [3.8, 4) is 16.9 Å². The summed E-state index contributed by atoms with van der Waals surface area (Å²) in [7, 11) is -1.72. The summed E-state index contributed by atoms with van der Waals surface area (Å²) in [5, 5.41) is 0. The number of carbonyl (C=O) groups excluding carboxylic acids is 1. The number of hydrogen-bond acceptors (Lipinski definition) is 5. The lowest BCUT2D eigenvalue weighted by Gasteiger charge is -2.29. The van der Waals surface area contributed by atoms with E-state index in [-0.39, 0.29) is 22.6 Å². The van der Waals surface area contributed by atoms with Crippen LogP contribution >= 0.6 is 0 Å². The van der Waals surface area contributed by atoms with E-state index in [1.807, 2.05) is 24.3 Å². The first-order valence-electron chi connectivity index (χ1n) is 13.4. The summed E-state index contributed by atoms with van der Waals surface area (Å²) >= 11 is 0. The Labute approximate surface area is 230 Å². The second-order valence-corrected chi connectivity index (χ2v) is 11.8. The van der Waals surface area contributed by atoms with Crippen molar-refractivity contribution in [2.24, 2.45) is 5.92 Å². The lowest BCUT2D eigenvalue weighted by molar-refractivity contribution is 0.0600. The van der Waals surface area contributed by atoms with Gasteiger partial charge in [0.25, 0.3) is 10.0 Å². The van der Waals surface area contributed by atoms with Crippen LogP contribution in [-0.4, -0.2) is 28.6 Å². The highest BCUT2D eigenvalue weighted by Gasteiger charge is 2.25. The van der Waals surface area contributed by atoms with E-state index in [2.05, 4.69) is 11.6 Å². The summed E-state index contributed by atoms with van der Waals surface area (Å²) in [6, 6.07) is 16.3. The van der Waals surface area contributed by atoms with Crippen molar-refractivity contribution in [1.82, 2.24) is 0 Å². The number of nitrogens with one attached hydrogen (secondary N) is 1. The standard InChI is InChI=1S/C31H36FNO5S/c1-4-5-7-21-10-12-22(13-11-21)23-14-16-24(17-15-23)26-8-6-9-29(30(26)32)39(35,36)33-27-19-18-25(31(34)38-3)20-28(27)37-2/h6,8-9,14-22,33H,4-5,7,10-13H2,1-3H3. The second kappa shape index (κ2) is 12.6. The summed E-state index contributed by atoms with van der Waals surface area (Å²) in [5.41, 5.74) is 2.34. The van der Waals surface area contributed by atoms with Crippen molar-refractivity contribution in [3.05, 3.63) is 77.6 Å². The van der Waals surface area contributed by atoms with Gasteiger partial charge in [-0.25, -0.2) is 17.6 Å². The fourth-order valence-electron chi connectivity index (χ4n) is 5.37. The van der Waals surface area contributed by atoms with Gasteiger partial charge < -0.3 is 9.47 Å². The Kier molecular flexibility index (Phi) is 9.28. The third kappa shape index (κ3) is 6.61. The highest BCUT2D eigenvalue weighted by atomic mass is 32.2. The minimum Gasteiger partial charge on any atom is -0.495 e. The Balaban J connectivity index is 1.52. The smallest absolute Gasteiger partial charge is 0.337 e. The monoisotopic (exact) mass is 553 g/mol. The number of esters is 1. The van der Waals surface area contributed by atoms with Crippen LogP contribution < -0.4 is 9.46 Å². The SMILES string of the molecule is CCCCC1CCC(c2ccc(-c3cccc(S(=O)(=O)Nc4ccc(C(=O)OC)cc4OC)c3F)cc2)CC1. The molecule has 0 amide bonds. The van der Waals surface area contributed by atoms with E-state index in [4.69, 9.17) is 9.47 Å². The number of ether oxygens (including phenoxy) is 2. The quantitative estimate of drug-likeness (QED) is 0.262. The number of anilines is 1. The van der Waals surface area contributed by atoms with Crippen molar-refractivity contribution < 1.29 is 27.1 Å². The average molecular weight is 554 g/mol. The van der Waals surface area contributed by atoms with Gasteiger partial charge in [0, 0.05) is 5.56 Å². The molecule has 1 fully saturated rings. The van der Waals surface area contributed by atoms with Gasteiger partial charge in [0.15, 0.2) is 5.82 Å². The van der Waals surface area contributed by atoms with Crippen molar-refractivity contribution in [2.75, 3.05) is 18.9 Å². The van der Waals surface area contributed by atoms with E-state index >= 15 is 4.39 Å². The zero-order valence-electron chi connectivity index (χ0n) is 22.7. The molecule has 0 aliphatic heterocycles. The molecule has 3 aromatic carbocycles. The topological polar surface area (TPSA) is 81.7 Å². The van der Waals surface area contributed by atoms with Crippen LogP contribution in [-0.2, 0) is 14.8 Å². The molecule has 0 heterocycles. The van der Waals surface area contributed by atoms with E-state index < -0.39 is 26.7 Å². The van der Waals surface area contributed by atoms with Gasteiger partial charge in [-0.15, -0.1) is 0 Å². The van der Waals surface area contributed by atoms with E-state index in [0.29, 0.717) is 11.5 Å². The lowest BCUT2D eigenvalue weighted by Crippen LogP contribution is -2.16. The molecular weight excluding hydrogens is 517 g/mol. The van der Waals surface area contributed by atoms with Gasteiger partial charge in [-0.3, -0.25) is 4.72 Å². The highest BCUT2D eigenvalue weighted by Crippen LogP contribution is 2.39. The average Bonchev–Trinajstić information content (AvgIpc) is 2.96. The summed E-state index contributed by atoms with van der Waals surface area (Å²) < 4.78 is 54.4. The Hall–Kier alpha value is -3.39. The maximum Gasteiger partial charge on any atom is 0.337 e. The van der Waals surface area contributed by atoms with Crippen LogP contribution in [0.1, 0.15) is 73.7 Å². The molecule has 4 rings (SSSR count). The normalized spacial score (nSPS) is 17.4. The molecule has 6 nitrogen and oxygen atoms in total. The van der Waals surface area contributed by atoms with Crippen molar-refractivity contribution >= 4 is 21.7 Å². The molecule has 0 atom stereocenters. The van der Waals surface area contributed by atoms with Crippen LogP contribution in [0.4, 0.5) is 10.1 Å². The predicted octanol–water partition coefficient (Wildman–Crippen LogP) is 7.55. The summed E-state index contributed by atoms with van der Waals surface area (Å²) in [6.45, 7) is 2.24. The molecule has 0 aromatic heterocycles. The lowest BCUT2D eigenvalue weighted by atomic mass is 9.77. The van der Waals surface area contributed by atoms with Gasteiger partial charge in [0.2, 0.25) is 0 Å². The second-order valence-electron chi connectivity index (χ2n) is 10.1. The molecular formula is C31H36FNO5S. The molecule has 0 bridgehead atoms. The van der Waals surface area contributed by atoms with Gasteiger partial charge in [-0.1, -0.05) is 62.6 Å². The number of unbranched alkanes of at least 4 members (excludes halogenated alkanes) is 1. The fourth-order valence-corrected chi connectivity index (χ4v) is 6.55. The number of rotatable bonds is 10. The van der Waals surface area contributed by atoms with E-state index in [9.17, 15) is 13.2 Å². The summed E-state index contributed by atoms with van der Waals surface area (Å²) in [6.07, 6.45) is 8.72. The molecule has 0 radical (unpaired) electrons. The van der Waals surface area contributed by atoms with Gasteiger partial charge in [0.05, 0.1) is 25.5 Å². The van der Waals surface area contributed by atoms with Crippen molar-refractivity contribution in [2.45, 2.75) is 62.7 Å². The van der Waals surface area contributed by atoms with E-state index in [1.165, 1.54) is 95.1 Å². The molecule has 208 valence electrons. The number of sulfonamides is 1. The highest BCUT2D eigenvalue weighted by molar-refractivity contribution is 7.92. The zero-order chi connectivity index (χ0) is 28.0. The first-order valence-corrected chi connectivity index (χ1v) is 14.9. The molecule has 0 spiro atoms. The molecule has 1 aliphatic carbocycles. The number of benzene rings is 3. The third-order valence-corrected chi connectivity index (χ3v) is 9.01. The first-order chi connectivity index (χ1) is 18.8. The molecule has 1 aliphatic rings. The molecule has 8 heteroatoms. The van der Waals surface area contributed by atoms with Gasteiger partial charge in [-0.05, 0) is 72.9 Å². The maximum atomic E-state index is 15.6. The summed E-state index contributed by atoms with van der Waals surface area (Å²) in [5.74, 6) is 0.0244. The molecule has 1 N–H and O–H groups in total. The molecule has 3 aromatic rings. The zero-order valence-corrected chi connectivity index (χ0v) is 23.5. The Morgan fingerprint density at radius 2 is 1.72 bits per heavy atom. The molecule has 0 unspecified atom stereocenters. The van der Waals surface area contributed by atoms with Crippen LogP contribution in [0.15, 0.2) is 65.6 Å². The third-order valence-electron chi connectivity index (χ3n) is 7.63. The maximum absolute atomic E-state index is 15.6. The number of halogens is 1. The fraction of sp³-hybridized carbons (Fsp3) is 0.387. The largest absolute Gasteiger partial charge is 0.495 e. The van der Waals surface area contributed by atoms with Crippen LogP contribution in [0.5, 0.6) is 5.75 Å². The van der Waals surface area contributed by atoms with Crippen LogP contribution in [0, 0.1) is 11.7 Å². The van der Waals surface area contributed by atoms with E-state index in [1.54, 1.807) is 6.07 Å². The number of hydrogen-bond donors (Lipinski definition) is 1. The molecule has 39 heavy (non-hydrogen) atoms.